The molecule has 0 radical (unpaired) electrons. The van der Waals surface area contributed by atoms with Crippen LogP contribution >= 0.6 is 11.6 Å². The highest BCUT2D eigenvalue weighted by atomic mass is 35.5. The molecule has 0 aliphatic heterocycles. The molecule has 2 aliphatic carbocycles. The number of carbonyl (C=O) groups excluding carboxylic acids is 2. The van der Waals surface area contributed by atoms with Gasteiger partial charge < -0.3 is 10.4 Å². The smallest absolute Gasteiger partial charge is 0.177 e. The summed E-state index contributed by atoms with van der Waals surface area (Å²) in [6, 6.07) is 6.96. The van der Waals surface area contributed by atoms with Gasteiger partial charge in [-0.15, -0.1) is 11.6 Å². The highest BCUT2D eigenvalue weighted by Crippen LogP contribution is 2.35. The van der Waals surface area contributed by atoms with Crippen molar-refractivity contribution in [3.8, 4) is 0 Å². The number of halogens is 1. The standard InChI is InChI=1S/C17H16ClNO3/c18-8-10(20)9-19-14-7-3-6-13-15(14)17(22)12-5-2-1-4-11(12)16(13)21/h1-7,10,13,15,19-20H,8-9H2/p+1/t10-,13+,15-/m1/s1. The van der Waals surface area contributed by atoms with Gasteiger partial charge in [0.25, 0.3) is 0 Å². The Morgan fingerprint density at radius 2 is 1.86 bits per heavy atom. The van der Waals surface area contributed by atoms with Crippen LogP contribution in [0.5, 0.6) is 0 Å². The minimum absolute atomic E-state index is 0.0201. The van der Waals surface area contributed by atoms with E-state index < -0.39 is 17.9 Å². The van der Waals surface area contributed by atoms with Gasteiger partial charge in [-0.1, -0.05) is 36.4 Å². The van der Waals surface area contributed by atoms with Crippen LogP contribution in [-0.4, -0.2) is 35.2 Å². The zero-order valence-electron chi connectivity index (χ0n) is 11.9. The number of aliphatic hydroxyl groups is 1. The topological polar surface area (TPSA) is 71.0 Å². The summed E-state index contributed by atoms with van der Waals surface area (Å²) in [6.45, 7) is 0.371. The summed E-state index contributed by atoms with van der Waals surface area (Å²) >= 11 is 5.60. The minimum atomic E-state index is -0.645. The van der Waals surface area contributed by atoms with E-state index in [-0.39, 0.29) is 17.4 Å². The van der Waals surface area contributed by atoms with Crippen molar-refractivity contribution in [1.29, 1.82) is 0 Å². The van der Waals surface area contributed by atoms with E-state index in [0.29, 0.717) is 17.7 Å². The largest absolute Gasteiger partial charge is 0.386 e. The number of nitrogens with two attached hydrogens (primary N) is 1. The van der Waals surface area contributed by atoms with Gasteiger partial charge in [-0.3, -0.25) is 9.59 Å². The fraction of sp³-hybridized carbons (Fsp3) is 0.294. The molecule has 0 fully saturated rings. The van der Waals surface area contributed by atoms with E-state index in [0.717, 1.165) is 5.70 Å². The number of benzene rings is 1. The van der Waals surface area contributed by atoms with E-state index in [4.69, 9.17) is 11.6 Å². The van der Waals surface area contributed by atoms with Gasteiger partial charge in [0, 0.05) is 11.1 Å². The Labute approximate surface area is 133 Å². The lowest BCUT2D eigenvalue weighted by Crippen LogP contribution is -2.86. The molecule has 0 amide bonds. The van der Waals surface area contributed by atoms with E-state index in [1.54, 1.807) is 36.4 Å². The molecule has 0 heterocycles. The zero-order chi connectivity index (χ0) is 15.7. The predicted molar refractivity (Wildman–Crippen MR) is 82.8 cm³/mol. The minimum Gasteiger partial charge on any atom is -0.386 e. The molecule has 0 unspecified atom stereocenters. The Bertz CT molecular complexity index is 680. The van der Waals surface area contributed by atoms with Crippen molar-refractivity contribution < 1.29 is 20.0 Å². The second-order valence-electron chi connectivity index (χ2n) is 5.58. The van der Waals surface area contributed by atoms with Crippen molar-refractivity contribution in [2.24, 2.45) is 11.8 Å². The van der Waals surface area contributed by atoms with Crippen LogP contribution in [0.1, 0.15) is 20.7 Å². The lowest BCUT2D eigenvalue weighted by molar-refractivity contribution is -0.618. The Hall–Kier alpha value is -1.75. The molecular formula is C17H17ClNO3+. The zero-order valence-corrected chi connectivity index (χ0v) is 12.7. The number of rotatable bonds is 4. The van der Waals surface area contributed by atoms with Crippen molar-refractivity contribution in [3.05, 3.63) is 59.3 Å². The molecule has 114 valence electrons. The van der Waals surface area contributed by atoms with Gasteiger partial charge in [-0.25, -0.2) is 0 Å². The lowest BCUT2D eigenvalue weighted by Gasteiger charge is -2.30. The molecule has 1 aromatic carbocycles. The highest BCUT2D eigenvalue weighted by molar-refractivity contribution is 6.18. The van der Waals surface area contributed by atoms with Gasteiger partial charge in [0.15, 0.2) is 11.6 Å². The lowest BCUT2D eigenvalue weighted by atomic mass is 9.71. The molecule has 3 N–H and O–H groups in total. The van der Waals surface area contributed by atoms with Gasteiger partial charge in [-0.05, 0) is 6.08 Å². The fourth-order valence-corrected chi connectivity index (χ4v) is 3.18. The monoisotopic (exact) mass is 318 g/mol. The third-order valence-corrected chi connectivity index (χ3v) is 4.53. The summed E-state index contributed by atoms with van der Waals surface area (Å²) in [7, 11) is 0. The molecule has 22 heavy (non-hydrogen) atoms. The summed E-state index contributed by atoms with van der Waals surface area (Å²) in [5, 5.41) is 11.4. The second-order valence-corrected chi connectivity index (χ2v) is 5.89. The number of carbonyl (C=O) groups is 2. The van der Waals surface area contributed by atoms with Gasteiger partial charge in [0.05, 0.1) is 11.8 Å². The average Bonchev–Trinajstić information content (AvgIpc) is 2.57. The number of hydrogen-bond acceptors (Lipinski definition) is 3. The van der Waals surface area contributed by atoms with Gasteiger partial charge in [0.2, 0.25) is 0 Å². The first-order chi connectivity index (χ1) is 10.6. The summed E-state index contributed by atoms with van der Waals surface area (Å²) in [4.78, 5) is 25.4. The van der Waals surface area contributed by atoms with Gasteiger partial charge >= 0.3 is 0 Å². The molecule has 4 nitrogen and oxygen atoms in total. The number of quaternary nitrogens is 1. The Kier molecular flexibility index (Phi) is 4.25. The van der Waals surface area contributed by atoms with Gasteiger partial charge in [0.1, 0.15) is 24.3 Å². The quantitative estimate of drug-likeness (QED) is 0.811. The SMILES string of the molecule is O=C1c2ccccc2C(=O)[C@H]2C=CC=C([NH2+]C[C@H](O)CCl)[C@H]12. The van der Waals surface area contributed by atoms with Crippen LogP contribution in [0.25, 0.3) is 0 Å². The molecule has 0 saturated carbocycles. The van der Waals surface area contributed by atoms with Crippen molar-refractivity contribution >= 4 is 23.2 Å². The molecule has 1 aromatic rings. The third-order valence-electron chi connectivity index (χ3n) is 4.17. The number of ketones is 2. The summed E-state index contributed by atoms with van der Waals surface area (Å²) in [5.74, 6) is -0.855. The van der Waals surface area contributed by atoms with Crippen LogP contribution in [0.2, 0.25) is 0 Å². The fourth-order valence-electron chi connectivity index (χ4n) is 3.05. The normalized spacial score (nSPS) is 24.5. The predicted octanol–water partition coefficient (Wildman–Crippen LogP) is 0.915. The first-order valence-electron chi connectivity index (χ1n) is 7.26. The van der Waals surface area contributed by atoms with Crippen molar-refractivity contribution in [2.75, 3.05) is 12.4 Å². The van der Waals surface area contributed by atoms with Crippen molar-refractivity contribution in [2.45, 2.75) is 6.10 Å². The van der Waals surface area contributed by atoms with Crippen molar-refractivity contribution in [3.63, 3.8) is 0 Å². The maximum absolute atomic E-state index is 12.8. The number of allylic oxidation sites excluding steroid dienone is 4. The van der Waals surface area contributed by atoms with Crippen LogP contribution in [-0.2, 0) is 0 Å². The first kappa shape index (κ1) is 15.2. The summed E-state index contributed by atoms with van der Waals surface area (Å²) in [6.07, 6.45) is 4.78. The van der Waals surface area contributed by atoms with Crippen LogP contribution in [0.15, 0.2) is 48.2 Å². The molecule has 0 aromatic heterocycles. The first-order valence-corrected chi connectivity index (χ1v) is 7.80. The number of fused-ring (bicyclic) bond motifs is 2. The van der Waals surface area contributed by atoms with Crippen LogP contribution in [0.4, 0.5) is 0 Å². The summed E-state index contributed by atoms with van der Waals surface area (Å²) < 4.78 is 0. The van der Waals surface area contributed by atoms with Gasteiger partial charge in [-0.2, -0.15) is 0 Å². The van der Waals surface area contributed by atoms with E-state index in [1.807, 2.05) is 11.4 Å². The second kappa shape index (κ2) is 6.16. The maximum atomic E-state index is 12.8. The van der Waals surface area contributed by atoms with E-state index in [1.165, 1.54) is 0 Å². The maximum Gasteiger partial charge on any atom is 0.177 e. The number of aliphatic hydroxyl groups excluding tert-OH is 1. The number of alkyl halides is 1. The highest BCUT2D eigenvalue weighted by Gasteiger charge is 2.44. The molecule has 0 bridgehead atoms. The summed E-state index contributed by atoms with van der Waals surface area (Å²) in [5.41, 5.74) is 1.77. The molecule has 2 aliphatic rings. The third kappa shape index (κ3) is 2.54. The number of Topliss-reactive ketones (excluding diaryl/α,β-unsaturated/α-hetero) is 2. The number of hydrogen-bond donors (Lipinski definition) is 2. The molecule has 0 saturated heterocycles. The van der Waals surface area contributed by atoms with Crippen LogP contribution in [0, 0.1) is 11.8 Å². The average molecular weight is 319 g/mol. The molecule has 3 atom stereocenters. The molecule has 0 spiro atoms. The van der Waals surface area contributed by atoms with Crippen LogP contribution in [0.3, 0.4) is 0 Å². The van der Waals surface area contributed by atoms with E-state index in [9.17, 15) is 14.7 Å². The van der Waals surface area contributed by atoms with E-state index >= 15 is 0 Å². The Morgan fingerprint density at radius 3 is 2.55 bits per heavy atom. The van der Waals surface area contributed by atoms with Crippen molar-refractivity contribution in [1.82, 2.24) is 0 Å². The molecule has 3 rings (SSSR count). The molecular weight excluding hydrogens is 302 g/mol. The van der Waals surface area contributed by atoms with Crippen LogP contribution < -0.4 is 5.32 Å². The van der Waals surface area contributed by atoms with E-state index in [2.05, 4.69) is 0 Å². The Balaban J connectivity index is 1.92. The molecule has 5 heteroatoms. The Morgan fingerprint density at radius 1 is 1.18 bits per heavy atom.